The molecule has 3 aromatic heterocycles. The van der Waals surface area contributed by atoms with E-state index >= 15 is 0 Å². The second-order valence-electron chi connectivity index (χ2n) is 7.45. The monoisotopic (exact) mass is 501 g/mol. The van der Waals surface area contributed by atoms with Crippen molar-refractivity contribution in [3.63, 3.8) is 0 Å². The third-order valence-corrected chi connectivity index (χ3v) is 5.90. The molecule has 0 aliphatic heterocycles. The molecule has 0 bridgehead atoms. The molecular weight excluding hydrogens is 478 g/mol. The number of phosphoric ester groups is 1. The number of nitrogen functional groups attached to an aromatic ring is 1. The molecule has 4 rings (SSSR count). The van der Waals surface area contributed by atoms with Crippen molar-refractivity contribution in [2.75, 3.05) is 12.8 Å². The highest BCUT2D eigenvalue weighted by atomic mass is 31.2. The highest BCUT2D eigenvalue weighted by Gasteiger charge is 2.23. The summed E-state index contributed by atoms with van der Waals surface area (Å²) >= 11 is 0. The lowest BCUT2D eigenvalue weighted by molar-refractivity contribution is -0.711. The predicted molar refractivity (Wildman–Crippen MR) is 122 cm³/mol. The van der Waals surface area contributed by atoms with Crippen LogP contribution in [0.25, 0.3) is 11.3 Å². The van der Waals surface area contributed by atoms with E-state index in [1.807, 2.05) is 30.3 Å². The van der Waals surface area contributed by atoms with Crippen molar-refractivity contribution in [3.05, 3.63) is 89.6 Å². The van der Waals surface area contributed by atoms with Crippen LogP contribution in [-0.4, -0.2) is 22.1 Å². The van der Waals surface area contributed by atoms with Crippen LogP contribution in [0.5, 0.6) is 5.88 Å². The molecular formula is C23H23FN4O6P+. The van der Waals surface area contributed by atoms with Gasteiger partial charge in [-0.15, -0.1) is 0 Å². The Morgan fingerprint density at radius 1 is 1.17 bits per heavy atom. The van der Waals surface area contributed by atoms with Crippen molar-refractivity contribution in [1.29, 1.82) is 0 Å². The zero-order valence-corrected chi connectivity index (χ0v) is 19.6. The summed E-state index contributed by atoms with van der Waals surface area (Å²) in [5.74, 6) is -0.0724. The van der Waals surface area contributed by atoms with Crippen LogP contribution in [-0.2, 0) is 33.4 Å². The Kier molecular flexibility index (Phi) is 7.52. The minimum atomic E-state index is -4.17. The summed E-state index contributed by atoms with van der Waals surface area (Å²) in [4.78, 5) is 13.5. The molecule has 10 nitrogen and oxygen atoms in total. The topological polar surface area (TPSA) is 134 Å². The molecule has 0 saturated heterocycles. The summed E-state index contributed by atoms with van der Waals surface area (Å²) in [6, 6.07) is 15.8. The maximum atomic E-state index is 14.5. The number of hydrogen-bond donors (Lipinski definition) is 2. The Labute approximate surface area is 200 Å². The molecule has 0 aliphatic rings. The van der Waals surface area contributed by atoms with Crippen LogP contribution in [0.15, 0.2) is 71.5 Å². The Morgan fingerprint density at radius 2 is 1.97 bits per heavy atom. The van der Waals surface area contributed by atoms with Crippen LogP contribution >= 0.6 is 7.82 Å². The average Bonchev–Trinajstić information content (AvgIpc) is 3.31. The van der Waals surface area contributed by atoms with Crippen LogP contribution in [0, 0.1) is 5.82 Å². The van der Waals surface area contributed by atoms with Crippen molar-refractivity contribution in [2.24, 2.45) is 0 Å². The van der Waals surface area contributed by atoms with Crippen LogP contribution in [0.3, 0.4) is 0 Å². The molecule has 35 heavy (non-hydrogen) atoms. The van der Waals surface area contributed by atoms with Gasteiger partial charge in [-0.1, -0.05) is 35.5 Å². The summed E-state index contributed by atoms with van der Waals surface area (Å²) in [5.41, 5.74) is 8.68. The van der Waals surface area contributed by atoms with Gasteiger partial charge in [0.15, 0.2) is 11.6 Å². The lowest BCUT2D eigenvalue weighted by Gasteiger charge is -2.09. The SMILES string of the molecule is COP(=O)(O)OC[n+]1cccc(-c2cc(Cc3cnc(OCc4ccccc4)c(F)c3)no2)c1N. The van der Waals surface area contributed by atoms with Crippen LogP contribution in [0.1, 0.15) is 16.8 Å². The standard InChI is InChI=1S/C23H22FN4O6P/c1-31-35(29,30)33-15-28-9-5-8-19(22(28)25)21-12-18(27-34-21)10-17-11-20(24)23(26-13-17)32-14-16-6-3-2-4-7-16/h2-9,11-13,25H,10,14-15H2,1H3,(H,29,30)/p+1. The first-order valence-corrected chi connectivity index (χ1v) is 11.9. The van der Waals surface area contributed by atoms with Gasteiger partial charge in [0.1, 0.15) is 12.2 Å². The molecule has 182 valence electrons. The van der Waals surface area contributed by atoms with Gasteiger partial charge in [-0.05, 0) is 29.3 Å². The number of aromatic nitrogens is 3. The third kappa shape index (κ3) is 6.28. The molecule has 0 spiro atoms. The molecule has 3 N–H and O–H groups in total. The van der Waals surface area contributed by atoms with E-state index in [4.69, 9.17) is 19.5 Å². The normalized spacial score (nSPS) is 12.9. The number of halogens is 1. The van der Waals surface area contributed by atoms with Crippen molar-refractivity contribution in [3.8, 4) is 17.2 Å². The molecule has 1 atom stereocenters. The number of nitrogens with two attached hydrogens (primary N) is 1. The van der Waals surface area contributed by atoms with Crippen LogP contribution < -0.4 is 15.0 Å². The zero-order valence-electron chi connectivity index (χ0n) is 18.7. The molecule has 3 heterocycles. The first-order chi connectivity index (χ1) is 16.8. The van der Waals surface area contributed by atoms with Gasteiger partial charge < -0.3 is 14.2 Å². The maximum absolute atomic E-state index is 14.5. The summed E-state index contributed by atoms with van der Waals surface area (Å²) in [5, 5.41) is 4.03. The Morgan fingerprint density at radius 3 is 2.71 bits per heavy atom. The van der Waals surface area contributed by atoms with E-state index in [9.17, 15) is 13.8 Å². The van der Waals surface area contributed by atoms with E-state index in [0.717, 1.165) is 12.7 Å². The number of nitrogens with zero attached hydrogens (tertiary/aromatic N) is 3. The third-order valence-electron chi connectivity index (χ3n) is 5.00. The fraction of sp³-hybridized carbons (Fsp3) is 0.174. The lowest BCUT2D eigenvalue weighted by Crippen LogP contribution is -2.38. The molecule has 0 amide bonds. The fourth-order valence-electron chi connectivity index (χ4n) is 3.20. The number of ether oxygens (including phenoxy) is 1. The van der Waals surface area contributed by atoms with E-state index in [2.05, 4.69) is 14.7 Å². The molecule has 12 heteroatoms. The molecule has 0 aliphatic carbocycles. The van der Waals surface area contributed by atoms with Crippen molar-refractivity contribution in [1.82, 2.24) is 10.1 Å². The second-order valence-corrected chi connectivity index (χ2v) is 9.01. The van der Waals surface area contributed by atoms with Crippen molar-refractivity contribution < 1.29 is 36.7 Å². The Hall–Kier alpha value is -3.63. The van der Waals surface area contributed by atoms with Gasteiger partial charge in [0, 0.05) is 25.8 Å². The molecule has 1 aromatic carbocycles. The summed E-state index contributed by atoms with van der Waals surface area (Å²) in [6.45, 7) is -0.104. The summed E-state index contributed by atoms with van der Waals surface area (Å²) < 4.78 is 47.6. The number of pyridine rings is 2. The predicted octanol–water partition coefficient (Wildman–Crippen LogP) is 3.64. The molecule has 4 aromatic rings. The van der Waals surface area contributed by atoms with Gasteiger partial charge in [0.2, 0.25) is 6.73 Å². The second kappa shape index (κ2) is 10.7. The number of hydrogen-bond acceptors (Lipinski definition) is 8. The molecule has 0 saturated carbocycles. The van der Waals surface area contributed by atoms with Gasteiger partial charge in [0.25, 0.3) is 11.7 Å². The summed E-state index contributed by atoms with van der Waals surface area (Å²) in [7, 11) is -3.10. The zero-order chi connectivity index (χ0) is 24.8. The van der Waals surface area contributed by atoms with E-state index < -0.39 is 13.6 Å². The number of benzene rings is 1. The largest absolute Gasteiger partial charge is 0.475 e. The fourth-order valence-corrected chi connectivity index (χ4v) is 3.57. The van der Waals surface area contributed by atoms with E-state index in [-0.39, 0.29) is 31.5 Å². The molecule has 0 fully saturated rings. The smallest absolute Gasteiger partial charge is 0.471 e. The van der Waals surface area contributed by atoms with Gasteiger partial charge >= 0.3 is 7.82 Å². The number of phosphoric acid groups is 1. The number of rotatable bonds is 10. The van der Waals surface area contributed by atoms with Crippen LogP contribution in [0.4, 0.5) is 10.2 Å². The maximum Gasteiger partial charge on any atom is 0.475 e. The Balaban J connectivity index is 1.43. The minimum Gasteiger partial charge on any atom is -0.471 e. The van der Waals surface area contributed by atoms with Crippen LogP contribution in [0.2, 0.25) is 0 Å². The van der Waals surface area contributed by atoms with E-state index in [1.165, 1.54) is 16.8 Å². The Bertz CT molecular complexity index is 1350. The molecule has 0 radical (unpaired) electrons. The van der Waals surface area contributed by atoms with E-state index in [1.54, 1.807) is 24.4 Å². The lowest BCUT2D eigenvalue weighted by atomic mass is 10.1. The van der Waals surface area contributed by atoms with Gasteiger partial charge in [-0.3, -0.25) is 10.3 Å². The first kappa shape index (κ1) is 24.5. The van der Waals surface area contributed by atoms with Crippen molar-refractivity contribution in [2.45, 2.75) is 19.8 Å². The van der Waals surface area contributed by atoms with Crippen molar-refractivity contribution >= 4 is 13.6 Å². The highest BCUT2D eigenvalue weighted by Crippen LogP contribution is 2.41. The first-order valence-electron chi connectivity index (χ1n) is 10.4. The highest BCUT2D eigenvalue weighted by molar-refractivity contribution is 7.47. The van der Waals surface area contributed by atoms with Gasteiger partial charge in [-0.25, -0.2) is 23.0 Å². The summed E-state index contributed by atoms with van der Waals surface area (Å²) in [6.07, 6.45) is 3.36. The number of anilines is 1. The molecule has 1 unspecified atom stereocenters. The van der Waals surface area contributed by atoms with E-state index in [0.29, 0.717) is 22.6 Å². The van der Waals surface area contributed by atoms with Gasteiger partial charge in [0.05, 0.1) is 11.9 Å². The quantitative estimate of drug-likeness (QED) is 0.247. The minimum absolute atomic E-state index is 0.0804. The average molecular weight is 501 g/mol. The van der Waals surface area contributed by atoms with Gasteiger partial charge in [-0.2, -0.15) is 0 Å².